The number of aryl methyl sites for hydroxylation is 1. The van der Waals surface area contributed by atoms with Crippen LogP contribution in [0.5, 0.6) is 0 Å². The van der Waals surface area contributed by atoms with Crippen molar-refractivity contribution in [1.29, 1.82) is 0 Å². The Bertz CT molecular complexity index is 1530. The minimum Gasteiger partial charge on any atom is -0.356 e. The monoisotopic (exact) mass is 424 g/mol. The summed E-state index contributed by atoms with van der Waals surface area (Å²) in [6.45, 7) is 1.80. The number of fused-ring (bicyclic) bond motifs is 1. The van der Waals surface area contributed by atoms with E-state index in [0.29, 0.717) is 39.4 Å². The summed E-state index contributed by atoms with van der Waals surface area (Å²) >= 11 is 0. The molecule has 0 unspecified atom stereocenters. The lowest BCUT2D eigenvalue weighted by molar-refractivity contribution is -0.384. The van der Waals surface area contributed by atoms with Crippen molar-refractivity contribution in [1.82, 2.24) is 14.7 Å². The van der Waals surface area contributed by atoms with Gasteiger partial charge in [0, 0.05) is 29.3 Å². The average molecular weight is 424 g/mol. The lowest BCUT2D eigenvalue weighted by Gasteiger charge is -2.11. The van der Waals surface area contributed by atoms with Crippen molar-refractivity contribution in [3.05, 3.63) is 105 Å². The molecule has 5 aromatic rings. The van der Waals surface area contributed by atoms with Gasteiger partial charge in [0.1, 0.15) is 11.5 Å². The van der Waals surface area contributed by atoms with Crippen LogP contribution in [0, 0.1) is 17.0 Å². The SMILES string of the molecule is Cc1nc2ccccc2c(=O)n1-c1ccc(-c2cc(-c3cccc([N+](=O)[O-])c3)on2)cc1. The number of nitro benzene ring substituents is 1. The van der Waals surface area contributed by atoms with Crippen LogP contribution in [0.4, 0.5) is 5.69 Å². The van der Waals surface area contributed by atoms with E-state index in [4.69, 9.17) is 4.52 Å². The predicted octanol–water partition coefficient (Wildman–Crippen LogP) is 4.92. The fraction of sp³-hybridized carbons (Fsp3) is 0.0417. The van der Waals surface area contributed by atoms with Crippen molar-refractivity contribution < 1.29 is 9.45 Å². The highest BCUT2D eigenvalue weighted by Crippen LogP contribution is 2.28. The molecule has 0 atom stereocenters. The summed E-state index contributed by atoms with van der Waals surface area (Å²) < 4.78 is 6.98. The van der Waals surface area contributed by atoms with Crippen LogP contribution in [0.25, 0.3) is 39.2 Å². The molecular weight excluding hydrogens is 408 g/mol. The zero-order chi connectivity index (χ0) is 22.2. The molecule has 0 radical (unpaired) electrons. The topological polar surface area (TPSA) is 104 Å². The van der Waals surface area contributed by atoms with Gasteiger partial charge in [-0.15, -0.1) is 0 Å². The summed E-state index contributed by atoms with van der Waals surface area (Å²) in [6, 6.07) is 22.5. The number of non-ortho nitro benzene ring substituents is 1. The number of aromatic nitrogens is 3. The van der Waals surface area contributed by atoms with Gasteiger partial charge in [0.25, 0.3) is 11.2 Å². The third kappa shape index (κ3) is 3.33. The van der Waals surface area contributed by atoms with Crippen molar-refractivity contribution in [2.24, 2.45) is 0 Å². The lowest BCUT2D eigenvalue weighted by Crippen LogP contribution is -2.22. The first-order valence-electron chi connectivity index (χ1n) is 9.82. The second-order valence-corrected chi connectivity index (χ2v) is 7.25. The Morgan fingerprint density at radius 3 is 2.50 bits per heavy atom. The lowest BCUT2D eigenvalue weighted by atomic mass is 10.1. The van der Waals surface area contributed by atoms with Crippen LogP contribution in [0.2, 0.25) is 0 Å². The van der Waals surface area contributed by atoms with Crippen molar-refractivity contribution in [2.45, 2.75) is 6.92 Å². The van der Waals surface area contributed by atoms with Crippen LogP contribution >= 0.6 is 0 Å². The Balaban J connectivity index is 1.49. The molecule has 0 fully saturated rings. The van der Waals surface area contributed by atoms with Crippen LogP contribution in [0.15, 0.2) is 88.2 Å². The highest BCUT2D eigenvalue weighted by molar-refractivity contribution is 5.78. The molecule has 8 nitrogen and oxygen atoms in total. The number of benzene rings is 3. The van der Waals surface area contributed by atoms with E-state index in [0.717, 1.165) is 5.56 Å². The molecule has 5 rings (SSSR count). The van der Waals surface area contributed by atoms with Gasteiger partial charge in [-0.05, 0) is 31.2 Å². The highest BCUT2D eigenvalue weighted by atomic mass is 16.6. The second-order valence-electron chi connectivity index (χ2n) is 7.25. The average Bonchev–Trinajstić information content (AvgIpc) is 3.30. The van der Waals surface area contributed by atoms with E-state index in [1.807, 2.05) is 42.5 Å². The Hall–Kier alpha value is -4.59. The molecule has 0 aliphatic heterocycles. The van der Waals surface area contributed by atoms with Gasteiger partial charge < -0.3 is 4.52 Å². The van der Waals surface area contributed by atoms with Gasteiger partial charge in [-0.2, -0.15) is 0 Å². The van der Waals surface area contributed by atoms with Gasteiger partial charge in [-0.3, -0.25) is 19.5 Å². The number of hydrogen-bond donors (Lipinski definition) is 0. The third-order valence-corrected chi connectivity index (χ3v) is 5.22. The molecule has 0 spiro atoms. The van der Waals surface area contributed by atoms with Crippen LogP contribution in [0.1, 0.15) is 5.82 Å². The van der Waals surface area contributed by atoms with Crippen LogP contribution in [-0.4, -0.2) is 19.6 Å². The van der Waals surface area contributed by atoms with Crippen molar-refractivity contribution >= 4 is 16.6 Å². The summed E-state index contributed by atoms with van der Waals surface area (Å²) in [5.74, 6) is 1.02. The van der Waals surface area contributed by atoms with Crippen LogP contribution in [0.3, 0.4) is 0 Å². The van der Waals surface area contributed by atoms with Gasteiger partial charge in [0.05, 0.1) is 21.5 Å². The Morgan fingerprint density at radius 2 is 1.72 bits per heavy atom. The van der Waals surface area contributed by atoms with Gasteiger partial charge in [0.15, 0.2) is 5.76 Å². The number of nitrogens with zero attached hydrogens (tertiary/aromatic N) is 4. The Morgan fingerprint density at radius 1 is 0.938 bits per heavy atom. The molecule has 2 aromatic heterocycles. The normalized spacial score (nSPS) is 11.0. The van der Waals surface area contributed by atoms with Crippen LogP contribution in [-0.2, 0) is 0 Å². The second kappa shape index (κ2) is 7.59. The molecule has 0 N–H and O–H groups in total. The zero-order valence-electron chi connectivity index (χ0n) is 16.9. The summed E-state index contributed by atoms with van der Waals surface area (Å²) in [4.78, 5) is 28.1. The zero-order valence-corrected chi connectivity index (χ0v) is 16.9. The Kier molecular flexibility index (Phi) is 4.59. The van der Waals surface area contributed by atoms with Gasteiger partial charge >= 0.3 is 0 Å². The van der Waals surface area contributed by atoms with E-state index in [-0.39, 0.29) is 11.2 Å². The summed E-state index contributed by atoms with van der Waals surface area (Å²) in [7, 11) is 0. The fourth-order valence-corrected chi connectivity index (χ4v) is 3.65. The first-order valence-corrected chi connectivity index (χ1v) is 9.82. The maximum absolute atomic E-state index is 13.0. The number of hydrogen-bond acceptors (Lipinski definition) is 6. The quantitative estimate of drug-likeness (QED) is 0.299. The summed E-state index contributed by atoms with van der Waals surface area (Å²) in [6.07, 6.45) is 0. The minimum absolute atomic E-state index is 0.0189. The van der Waals surface area contributed by atoms with E-state index in [2.05, 4.69) is 10.1 Å². The molecule has 8 heteroatoms. The van der Waals surface area contributed by atoms with Gasteiger partial charge in [-0.25, -0.2) is 4.98 Å². The highest BCUT2D eigenvalue weighted by Gasteiger charge is 2.14. The molecule has 3 aromatic carbocycles. The Labute approximate surface area is 181 Å². The third-order valence-electron chi connectivity index (χ3n) is 5.22. The number of para-hydroxylation sites is 1. The molecule has 32 heavy (non-hydrogen) atoms. The number of rotatable bonds is 4. The molecule has 0 aliphatic rings. The van der Waals surface area contributed by atoms with Crippen LogP contribution < -0.4 is 5.56 Å². The molecule has 0 saturated carbocycles. The maximum atomic E-state index is 13.0. The number of nitro groups is 1. The van der Waals surface area contributed by atoms with E-state index >= 15 is 0 Å². The van der Waals surface area contributed by atoms with Crippen molar-refractivity contribution in [2.75, 3.05) is 0 Å². The molecule has 156 valence electrons. The molecule has 2 heterocycles. The van der Waals surface area contributed by atoms with Crippen molar-refractivity contribution in [3.8, 4) is 28.3 Å². The fourth-order valence-electron chi connectivity index (χ4n) is 3.65. The maximum Gasteiger partial charge on any atom is 0.270 e. The van der Waals surface area contributed by atoms with Gasteiger partial charge in [-0.1, -0.05) is 41.6 Å². The first-order chi connectivity index (χ1) is 15.5. The predicted molar refractivity (Wildman–Crippen MR) is 120 cm³/mol. The molecular formula is C24H16N4O4. The van der Waals surface area contributed by atoms with E-state index < -0.39 is 4.92 Å². The molecule has 0 saturated heterocycles. The summed E-state index contributed by atoms with van der Waals surface area (Å²) in [5.41, 5.74) is 3.15. The van der Waals surface area contributed by atoms with Gasteiger partial charge in [0.2, 0.25) is 0 Å². The smallest absolute Gasteiger partial charge is 0.270 e. The van der Waals surface area contributed by atoms with Crippen molar-refractivity contribution in [3.63, 3.8) is 0 Å². The minimum atomic E-state index is -0.453. The molecule has 0 amide bonds. The van der Waals surface area contributed by atoms with E-state index in [1.165, 1.54) is 12.1 Å². The molecule has 0 aliphatic carbocycles. The largest absolute Gasteiger partial charge is 0.356 e. The van der Waals surface area contributed by atoms with E-state index in [9.17, 15) is 14.9 Å². The molecule has 0 bridgehead atoms. The van der Waals surface area contributed by atoms with E-state index in [1.54, 1.807) is 35.8 Å². The summed E-state index contributed by atoms with van der Waals surface area (Å²) in [5, 5.41) is 15.7. The first kappa shape index (κ1) is 19.4. The standard InChI is InChI=1S/C24H16N4O4/c1-15-25-21-8-3-2-7-20(21)24(29)27(15)18-11-9-16(10-12-18)22-14-23(32-26-22)17-5-4-6-19(13-17)28(30)31/h2-14H,1H3.